The van der Waals surface area contributed by atoms with Gasteiger partial charge in [-0.15, -0.1) is 0 Å². The lowest BCUT2D eigenvalue weighted by Gasteiger charge is -2.16. The van der Waals surface area contributed by atoms with Crippen LogP contribution in [0, 0.1) is 0 Å². The van der Waals surface area contributed by atoms with Crippen LogP contribution >= 0.6 is 15.9 Å². The molecule has 90 valence electrons. The highest BCUT2D eigenvalue weighted by molar-refractivity contribution is 9.10. The molecule has 1 unspecified atom stereocenters. The molecule has 0 bridgehead atoms. The van der Waals surface area contributed by atoms with Gasteiger partial charge < -0.3 is 9.73 Å². The zero-order chi connectivity index (χ0) is 12.3. The minimum absolute atomic E-state index is 0.161. The van der Waals surface area contributed by atoms with Crippen LogP contribution in [0.4, 0.5) is 0 Å². The van der Waals surface area contributed by atoms with Gasteiger partial charge in [-0.05, 0) is 46.6 Å². The van der Waals surface area contributed by atoms with Crippen molar-refractivity contribution in [3.8, 4) is 0 Å². The van der Waals surface area contributed by atoms with E-state index in [0.29, 0.717) is 0 Å². The van der Waals surface area contributed by atoms with Gasteiger partial charge in [-0.3, -0.25) is 0 Å². The molecular formula is C14H16BrNO. The van der Waals surface area contributed by atoms with Gasteiger partial charge in [-0.2, -0.15) is 0 Å². The van der Waals surface area contributed by atoms with E-state index in [2.05, 4.69) is 52.4 Å². The maximum atomic E-state index is 5.29. The van der Waals surface area contributed by atoms with Crippen LogP contribution in [-0.2, 0) is 6.42 Å². The van der Waals surface area contributed by atoms with Crippen molar-refractivity contribution in [3.63, 3.8) is 0 Å². The quantitative estimate of drug-likeness (QED) is 0.924. The molecule has 0 radical (unpaired) electrons. The van der Waals surface area contributed by atoms with Crippen molar-refractivity contribution in [2.45, 2.75) is 19.4 Å². The molecule has 0 aliphatic heterocycles. The summed E-state index contributed by atoms with van der Waals surface area (Å²) in [5, 5.41) is 3.31. The summed E-state index contributed by atoms with van der Waals surface area (Å²) >= 11 is 3.43. The number of furan rings is 1. The van der Waals surface area contributed by atoms with E-state index in [1.54, 1.807) is 6.26 Å². The van der Waals surface area contributed by atoms with E-state index in [1.807, 2.05) is 13.1 Å². The first kappa shape index (κ1) is 12.4. The highest BCUT2D eigenvalue weighted by Gasteiger charge is 2.16. The molecule has 0 saturated carbocycles. The molecule has 2 rings (SSSR count). The molecule has 0 aliphatic carbocycles. The Morgan fingerprint density at radius 3 is 2.41 bits per heavy atom. The molecule has 3 heteroatoms. The van der Waals surface area contributed by atoms with Gasteiger partial charge in [0.15, 0.2) is 4.67 Å². The fourth-order valence-electron chi connectivity index (χ4n) is 1.96. The highest BCUT2D eigenvalue weighted by atomic mass is 79.9. The van der Waals surface area contributed by atoms with Crippen molar-refractivity contribution in [2.75, 3.05) is 7.05 Å². The average Bonchev–Trinajstić information content (AvgIpc) is 2.78. The Kier molecular flexibility index (Phi) is 4.02. The third kappa shape index (κ3) is 2.61. The number of benzene rings is 1. The zero-order valence-electron chi connectivity index (χ0n) is 10.0. The van der Waals surface area contributed by atoms with E-state index < -0.39 is 0 Å². The van der Waals surface area contributed by atoms with Crippen LogP contribution in [0.15, 0.2) is 45.7 Å². The molecule has 0 saturated heterocycles. The fourth-order valence-corrected chi connectivity index (χ4v) is 2.43. The molecule has 1 N–H and O–H groups in total. The summed E-state index contributed by atoms with van der Waals surface area (Å²) in [7, 11) is 1.96. The van der Waals surface area contributed by atoms with Crippen LogP contribution in [0.1, 0.15) is 29.7 Å². The van der Waals surface area contributed by atoms with Gasteiger partial charge in [-0.25, -0.2) is 0 Å². The van der Waals surface area contributed by atoms with Crippen molar-refractivity contribution < 1.29 is 4.42 Å². The zero-order valence-corrected chi connectivity index (χ0v) is 11.6. The topological polar surface area (TPSA) is 25.2 Å². The number of nitrogens with one attached hydrogen (secondary N) is 1. The van der Waals surface area contributed by atoms with Gasteiger partial charge in [0.25, 0.3) is 0 Å². The normalized spacial score (nSPS) is 12.6. The fraction of sp³-hybridized carbons (Fsp3) is 0.286. The Labute approximate surface area is 110 Å². The molecule has 0 fully saturated rings. The summed E-state index contributed by atoms with van der Waals surface area (Å²) in [5.74, 6) is 0. The first-order valence-electron chi connectivity index (χ1n) is 5.75. The van der Waals surface area contributed by atoms with Crippen LogP contribution in [0.25, 0.3) is 0 Å². The van der Waals surface area contributed by atoms with Crippen LogP contribution in [0.5, 0.6) is 0 Å². The van der Waals surface area contributed by atoms with E-state index >= 15 is 0 Å². The van der Waals surface area contributed by atoms with E-state index in [9.17, 15) is 0 Å². The van der Waals surface area contributed by atoms with Crippen molar-refractivity contribution >= 4 is 15.9 Å². The largest absolute Gasteiger partial charge is 0.457 e. The highest BCUT2D eigenvalue weighted by Crippen LogP contribution is 2.29. The Morgan fingerprint density at radius 2 is 1.94 bits per heavy atom. The third-order valence-electron chi connectivity index (χ3n) is 2.97. The number of rotatable bonds is 4. The standard InChI is InChI=1S/C14H16BrNO/c1-3-10-4-6-11(7-5-10)13(16-2)12-8-9-17-14(12)15/h4-9,13,16H,3H2,1-2H3. The molecular weight excluding hydrogens is 278 g/mol. The maximum Gasteiger partial charge on any atom is 0.174 e. The smallest absolute Gasteiger partial charge is 0.174 e. The minimum atomic E-state index is 0.161. The Hall–Kier alpha value is -1.06. The summed E-state index contributed by atoms with van der Waals surface area (Å²) < 4.78 is 6.08. The van der Waals surface area contributed by atoms with Crippen molar-refractivity contribution in [2.24, 2.45) is 0 Å². The SMILES string of the molecule is CCc1ccc(C(NC)c2ccoc2Br)cc1. The van der Waals surface area contributed by atoms with Crippen molar-refractivity contribution in [1.82, 2.24) is 5.32 Å². The molecule has 2 nitrogen and oxygen atoms in total. The van der Waals surface area contributed by atoms with Crippen LogP contribution in [0.3, 0.4) is 0 Å². The van der Waals surface area contributed by atoms with Gasteiger partial charge in [0.1, 0.15) is 0 Å². The Balaban J connectivity index is 2.32. The Morgan fingerprint density at radius 1 is 1.24 bits per heavy atom. The number of hydrogen-bond acceptors (Lipinski definition) is 2. The van der Waals surface area contributed by atoms with Gasteiger partial charge in [0.2, 0.25) is 0 Å². The number of aryl methyl sites for hydroxylation is 1. The first-order chi connectivity index (χ1) is 8.26. The molecule has 0 spiro atoms. The van der Waals surface area contributed by atoms with Crippen LogP contribution in [0.2, 0.25) is 0 Å². The number of hydrogen-bond donors (Lipinski definition) is 1. The van der Waals surface area contributed by atoms with E-state index in [4.69, 9.17) is 4.42 Å². The van der Waals surface area contributed by atoms with Crippen molar-refractivity contribution in [3.05, 3.63) is 58.0 Å². The second kappa shape index (κ2) is 5.52. The molecule has 0 aliphatic rings. The first-order valence-corrected chi connectivity index (χ1v) is 6.54. The second-order valence-electron chi connectivity index (χ2n) is 3.97. The molecule has 1 heterocycles. The van der Waals surface area contributed by atoms with E-state index in [1.165, 1.54) is 11.1 Å². The monoisotopic (exact) mass is 293 g/mol. The van der Waals surface area contributed by atoms with Gasteiger partial charge in [0, 0.05) is 5.56 Å². The summed E-state index contributed by atoms with van der Waals surface area (Å²) in [6.45, 7) is 2.16. The Bertz CT molecular complexity index is 475. The van der Waals surface area contributed by atoms with Crippen LogP contribution in [-0.4, -0.2) is 7.05 Å². The predicted octanol–water partition coefficient (Wildman–Crippen LogP) is 3.91. The second-order valence-corrected chi connectivity index (χ2v) is 4.69. The molecule has 1 aromatic carbocycles. The van der Waals surface area contributed by atoms with E-state index in [-0.39, 0.29) is 6.04 Å². The van der Waals surface area contributed by atoms with Gasteiger partial charge >= 0.3 is 0 Å². The molecule has 1 atom stereocenters. The lowest BCUT2D eigenvalue weighted by atomic mass is 9.99. The van der Waals surface area contributed by atoms with Crippen LogP contribution < -0.4 is 5.32 Å². The summed E-state index contributed by atoms with van der Waals surface area (Å²) in [6.07, 6.45) is 2.77. The summed E-state index contributed by atoms with van der Waals surface area (Å²) in [6, 6.07) is 10.8. The average molecular weight is 294 g/mol. The summed E-state index contributed by atoms with van der Waals surface area (Å²) in [5.41, 5.74) is 3.72. The molecule has 0 amide bonds. The number of halogens is 1. The lowest BCUT2D eigenvalue weighted by Crippen LogP contribution is -2.17. The molecule has 2 aromatic rings. The predicted molar refractivity (Wildman–Crippen MR) is 73.1 cm³/mol. The maximum absolute atomic E-state index is 5.29. The lowest BCUT2D eigenvalue weighted by molar-refractivity contribution is 0.530. The van der Waals surface area contributed by atoms with Gasteiger partial charge in [-0.1, -0.05) is 31.2 Å². The summed E-state index contributed by atoms with van der Waals surface area (Å²) in [4.78, 5) is 0. The molecule has 17 heavy (non-hydrogen) atoms. The van der Waals surface area contributed by atoms with Gasteiger partial charge in [0.05, 0.1) is 12.3 Å². The van der Waals surface area contributed by atoms with E-state index in [0.717, 1.165) is 16.7 Å². The molecule has 1 aromatic heterocycles. The van der Waals surface area contributed by atoms with Crippen molar-refractivity contribution in [1.29, 1.82) is 0 Å². The third-order valence-corrected chi connectivity index (χ3v) is 3.61. The minimum Gasteiger partial charge on any atom is -0.457 e.